The normalized spacial score (nSPS) is 13.5. The number of carboxylic acids is 1. The molecule has 42 heavy (non-hydrogen) atoms. The Morgan fingerprint density at radius 1 is 0.929 bits per heavy atom. The van der Waals surface area contributed by atoms with Crippen molar-refractivity contribution in [3.05, 3.63) is 78.1 Å². The molecule has 0 bridgehead atoms. The van der Waals surface area contributed by atoms with Crippen molar-refractivity contribution >= 4 is 40.1 Å². The Morgan fingerprint density at radius 2 is 1.55 bits per heavy atom. The molecule has 0 aliphatic heterocycles. The number of aliphatic carboxylic acids is 1. The number of benzene rings is 3. The molecule has 0 saturated heterocycles. The van der Waals surface area contributed by atoms with Gasteiger partial charge in [0, 0.05) is 5.56 Å². The zero-order valence-corrected chi connectivity index (χ0v) is 23.5. The van der Waals surface area contributed by atoms with Crippen LogP contribution in [0, 0.1) is 12.8 Å². The number of hydrogen-bond acceptors (Lipinski definition) is 6. The number of rotatable bonds is 7. The summed E-state index contributed by atoms with van der Waals surface area (Å²) in [6.45, 7) is 1.70. The maximum absolute atomic E-state index is 13.5. The first-order chi connectivity index (χ1) is 18.9. The van der Waals surface area contributed by atoms with Crippen LogP contribution in [0.25, 0.3) is 22.0 Å². The number of nitrogens with one attached hydrogen (secondary N) is 3. The number of fused-ring (bicyclic) bond motifs is 1. The molecule has 0 unspecified atom stereocenters. The van der Waals surface area contributed by atoms with E-state index >= 15 is 0 Å². The van der Waals surface area contributed by atoms with E-state index in [-0.39, 0.29) is 47.0 Å². The summed E-state index contributed by atoms with van der Waals surface area (Å²) in [5, 5.41) is 23.9. The molecule has 4 aromatic rings. The number of carbonyl (C=O) groups is 3. The third kappa shape index (κ3) is 7.57. The van der Waals surface area contributed by atoms with Crippen LogP contribution < -0.4 is 34.8 Å². The molecular formula is C30H33LiN4O7. The van der Waals surface area contributed by atoms with Crippen molar-refractivity contribution in [1.82, 2.24) is 10.5 Å². The smallest absolute Gasteiger partial charge is 0.870 e. The van der Waals surface area contributed by atoms with Gasteiger partial charge >= 0.3 is 30.9 Å². The van der Waals surface area contributed by atoms with E-state index in [4.69, 9.17) is 4.52 Å². The van der Waals surface area contributed by atoms with Crippen molar-refractivity contribution in [1.29, 1.82) is 0 Å². The van der Waals surface area contributed by atoms with Crippen molar-refractivity contribution in [3.63, 3.8) is 0 Å². The Hall–Kier alpha value is -4.14. The minimum absolute atomic E-state index is 0. The Morgan fingerprint density at radius 3 is 2.19 bits per heavy atom. The summed E-state index contributed by atoms with van der Waals surface area (Å²) in [6, 6.07) is 18.6. The zero-order chi connectivity index (χ0) is 27.4. The van der Waals surface area contributed by atoms with E-state index < -0.39 is 23.9 Å². The van der Waals surface area contributed by atoms with Crippen molar-refractivity contribution in [2.24, 2.45) is 5.92 Å². The van der Waals surface area contributed by atoms with E-state index in [1.165, 1.54) is 0 Å². The van der Waals surface area contributed by atoms with Crippen molar-refractivity contribution in [2.45, 2.75) is 45.1 Å². The summed E-state index contributed by atoms with van der Waals surface area (Å²) in [6.07, 6.45) is 4.47. The second kappa shape index (κ2) is 15.2. The fraction of sp³-hybridized carbons (Fsp3) is 0.267. The standard InChI is InChI=1S/C30H30N4O5.Li.2H2O/c1-18-25(26(34-39-18)19-10-4-2-5-11-19)33-30(38)31-24-17-22-15-9-8-14-21(22)16-23(24)28(35)32-27(29(36)37)20-12-6-3-7-13-20;;;/h2,4-5,8-11,14-17,20,27H,3,6-7,12-13H2,1H3,(H,32,35)(H,36,37)(H2,31,33,38);;2*1H2/q;+1;;/p-1/t27-;;;/m0.../s1. The maximum atomic E-state index is 13.5. The summed E-state index contributed by atoms with van der Waals surface area (Å²) in [7, 11) is 0. The van der Waals surface area contributed by atoms with Crippen LogP contribution in [0.1, 0.15) is 48.2 Å². The minimum atomic E-state index is -1.06. The minimum Gasteiger partial charge on any atom is -0.870 e. The first-order valence-electron chi connectivity index (χ1n) is 13.1. The average molecular weight is 569 g/mol. The Bertz CT molecular complexity index is 1520. The number of hydrogen-bond donors (Lipinski definition) is 4. The van der Waals surface area contributed by atoms with Crippen LogP contribution in [0.3, 0.4) is 0 Å². The monoisotopic (exact) mass is 568 g/mol. The third-order valence-corrected chi connectivity index (χ3v) is 7.20. The van der Waals surface area contributed by atoms with E-state index in [0.717, 1.165) is 48.4 Å². The molecular weight excluding hydrogens is 535 g/mol. The van der Waals surface area contributed by atoms with Crippen LogP contribution in [0.4, 0.5) is 16.2 Å². The predicted octanol–water partition coefficient (Wildman–Crippen LogP) is 2.21. The largest absolute Gasteiger partial charge is 1.00 e. The zero-order valence-electron chi connectivity index (χ0n) is 23.5. The van der Waals surface area contributed by atoms with Crippen molar-refractivity contribution in [3.8, 4) is 11.3 Å². The molecule has 0 radical (unpaired) electrons. The molecule has 1 aliphatic rings. The number of urea groups is 1. The number of carboxylic acid groups (broad SMARTS) is 1. The Balaban J connectivity index is 0.00000205. The van der Waals surface area contributed by atoms with Gasteiger partial charge in [-0.2, -0.15) is 0 Å². The number of aromatic nitrogens is 1. The Labute approximate surface area is 254 Å². The van der Waals surface area contributed by atoms with Crippen LogP contribution in [-0.4, -0.2) is 45.2 Å². The molecule has 1 heterocycles. The number of aryl methyl sites for hydroxylation is 1. The van der Waals surface area contributed by atoms with E-state index in [0.29, 0.717) is 17.1 Å². The molecule has 5 rings (SSSR count). The molecule has 1 saturated carbocycles. The van der Waals surface area contributed by atoms with Crippen molar-refractivity contribution < 1.29 is 53.8 Å². The fourth-order valence-electron chi connectivity index (χ4n) is 5.18. The van der Waals surface area contributed by atoms with Gasteiger partial charge in [0.25, 0.3) is 5.91 Å². The maximum Gasteiger partial charge on any atom is 1.00 e. The topological polar surface area (TPSA) is 195 Å². The van der Waals surface area contributed by atoms with Crippen LogP contribution in [0.5, 0.6) is 0 Å². The first kappa shape index (κ1) is 34.1. The second-order valence-corrected chi connectivity index (χ2v) is 9.84. The predicted molar refractivity (Wildman–Crippen MR) is 154 cm³/mol. The molecule has 3 amide bonds. The second-order valence-electron chi connectivity index (χ2n) is 9.84. The van der Waals surface area contributed by atoms with Crippen LogP contribution in [0.2, 0.25) is 0 Å². The first-order valence-corrected chi connectivity index (χ1v) is 13.1. The molecule has 1 fully saturated rings. The van der Waals surface area contributed by atoms with Gasteiger partial charge in [-0.3, -0.25) is 4.79 Å². The number of carbonyl (C=O) groups excluding carboxylic acids is 2. The summed E-state index contributed by atoms with van der Waals surface area (Å²) in [4.78, 5) is 38.8. The summed E-state index contributed by atoms with van der Waals surface area (Å²) < 4.78 is 5.33. The molecule has 216 valence electrons. The van der Waals surface area contributed by atoms with Gasteiger partial charge in [-0.1, -0.05) is 79.0 Å². The van der Waals surface area contributed by atoms with Gasteiger partial charge in [0.05, 0.1) is 11.3 Å². The molecule has 1 aliphatic carbocycles. The third-order valence-electron chi connectivity index (χ3n) is 7.20. The molecule has 11 nitrogen and oxygen atoms in total. The number of amides is 3. The number of anilines is 2. The van der Waals surface area contributed by atoms with Crippen molar-refractivity contribution in [2.75, 3.05) is 10.6 Å². The summed E-state index contributed by atoms with van der Waals surface area (Å²) in [5.74, 6) is -1.31. The van der Waals surface area contributed by atoms with Crippen LogP contribution in [-0.2, 0) is 4.79 Å². The average Bonchev–Trinajstić information content (AvgIpc) is 3.31. The van der Waals surface area contributed by atoms with Crippen LogP contribution >= 0.6 is 0 Å². The van der Waals surface area contributed by atoms with Gasteiger partial charge in [-0.05, 0) is 48.6 Å². The molecule has 3 aromatic carbocycles. The molecule has 1 atom stereocenters. The molecule has 1 aromatic heterocycles. The van der Waals surface area contributed by atoms with Gasteiger partial charge in [-0.25, -0.2) is 9.59 Å². The quantitative estimate of drug-likeness (QED) is 0.245. The van der Waals surface area contributed by atoms with Gasteiger partial charge in [0.2, 0.25) is 0 Å². The van der Waals surface area contributed by atoms with E-state index in [2.05, 4.69) is 21.1 Å². The Kier molecular flexibility index (Phi) is 12.3. The van der Waals surface area contributed by atoms with E-state index in [1.807, 2.05) is 54.6 Å². The molecule has 0 spiro atoms. The summed E-state index contributed by atoms with van der Waals surface area (Å²) in [5.41, 5.74) is 2.10. The number of nitrogens with zero attached hydrogens (tertiary/aromatic N) is 1. The SMILES string of the molecule is Cc1onc(-c2ccccc2)c1NC(=O)Nc1cc2ccccc2cc1C(=O)N[C@H](C(=O)O)C1CCCCC1.O.[Li+].[OH-]. The van der Waals surface area contributed by atoms with Gasteiger partial charge in [0.15, 0.2) is 5.76 Å². The van der Waals surface area contributed by atoms with Gasteiger partial charge in [-0.15, -0.1) is 0 Å². The van der Waals surface area contributed by atoms with Crippen LogP contribution in [0.15, 0.2) is 71.3 Å². The molecule has 12 heteroatoms. The van der Waals surface area contributed by atoms with E-state index in [1.54, 1.807) is 19.1 Å². The van der Waals surface area contributed by atoms with Gasteiger partial charge in [0.1, 0.15) is 17.4 Å². The summed E-state index contributed by atoms with van der Waals surface area (Å²) >= 11 is 0. The van der Waals surface area contributed by atoms with Gasteiger partial charge < -0.3 is 36.5 Å². The molecule has 7 N–H and O–H groups in total. The van der Waals surface area contributed by atoms with E-state index in [9.17, 15) is 19.5 Å². The fourth-order valence-corrected chi connectivity index (χ4v) is 5.18.